The summed E-state index contributed by atoms with van der Waals surface area (Å²) in [6.45, 7) is 5.76. The Morgan fingerprint density at radius 1 is 1.15 bits per heavy atom. The zero-order chi connectivity index (χ0) is 28.8. The molecular weight excluding hydrogens is 545 g/mol. The van der Waals surface area contributed by atoms with E-state index in [1.807, 2.05) is 0 Å². The Morgan fingerprint density at radius 3 is 2.44 bits per heavy atom. The van der Waals surface area contributed by atoms with E-state index < -0.39 is 29.1 Å². The van der Waals surface area contributed by atoms with Crippen molar-refractivity contribution in [2.24, 2.45) is 4.99 Å². The topological polar surface area (TPSA) is 110 Å². The second-order valence-electron chi connectivity index (χ2n) is 10.4. The third kappa shape index (κ3) is 8.08. The van der Waals surface area contributed by atoms with Crippen molar-refractivity contribution in [3.63, 3.8) is 0 Å². The summed E-state index contributed by atoms with van der Waals surface area (Å²) in [7, 11) is 3.36. The minimum Gasteiger partial charge on any atom is -0.494 e. The smallest absolute Gasteiger partial charge is 0.306 e. The van der Waals surface area contributed by atoms with Crippen molar-refractivity contribution in [2.45, 2.75) is 57.3 Å². The van der Waals surface area contributed by atoms with Gasteiger partial charge >= 0.3 is 5.97 Å². The second kappa shape index (κ2) is 13.0. The van der Waals surface area contributed by atoms with Crippen LogP contribution in [0.5, 0.6) is 5.75 Å². The van der Waals surface area contributed by atoms with E-state index >= 15 is 0 Å². The van der Waals surface area contributed by atoms with E-state index in [1.54, 1.807) is 77.3 Å². The van der Waals surface area contributed by atoms with E-state index in [-0.39, 0.29) is 25.3 Å². The van der Waals surface area contributed by atoms with E-state index in [9.17, 15) is 9.59 Å². The molecule has 2 aromatic carbocycles. The number of esters is 1. The van der Waals surface area contributed by atoms with Crippen LogP contribution >= 0.6 is 23.2 Å². The number of hydrogen-bond donors (Lipinski definition) is 2. The third-order valence-corrected chi connectivity index (χ3v) is 6.29. The molecule has 1 aliphatic rings. The molecule has 2 N–H and O–H groups in total. The largest absolute Gasteiger partial charge is 0.494 e. The maximum absolute atomic E-state index is 13.8. The third-order valence-electron chi connectivity index (χ3n) is 5.73. The van der Waals surface area contributed by atoms with Crippen molar-refractivity contribution in [3.8, 4) is 5.75 Å². The number of benzene rings is 2. The number of amides is 1. The first-order valence-corrected chi connectivity index (χ1v) is 13.4. The SMILES string of the molecule is CN(C)NC(=O)[C@@]1(CCC(=O)OC(C)(C)C)N=C(c2ccc(OCCCO)cc2)O[C@H]1c1ccc(Cl)cc1Cl. The number of halogens is 2. The van der Waals surface area contributed by atoms with Crippen LogP contribution in [0.2, 0.25) is 10.0 Å². The van der Waals surface area contributed by atoms with Crippen molar-refractivity contribution in [3.05, 3.63) is 63.6 Å². The van der Waals surface area contributed by atoms with Gasteiger partial charge in [-0.05, 0) is 63.6 Å². The van der Waals surface area contributed by atoms with Crippen molar-refractivity contribution >= 4 is 41.0 Å². The predicted molar refractivity (Wildman–Crippen MR) is 150 cm³/mol. The number of ether oxygens (including phenoxy) is 3. The average molecular weight is 581 g/mol. The number of hydrazine groups is 1. The molecule has 9 nitrogen and oxygen atoms in total. The monoisotopic (exact) mass is 579 g/mol. The standard InChI is InChI=1S/C28H35Cl2N3O6/c1-27(2,3)39-23(35)13-14-28(26(36)32-33(4)5)24(21-12-9-19(29)17-22(21)30)38-25(31-28)18-7-10-20(11-8-18)37-16-6-15-34/h7-12,17,24,34H,6,13-16H2,1-5H3,(H,32,36)/t24-,28-/m0/s1. The number of nitrogens with one attached hydrogen (secondary N) is 1. The van der Waals surface area contributed by atoms with Gasteiger partial charge in [0, 0.05) is 54.7 Å². The molecule has 0 aromatic heterocycles. The van der Waals surface area contributed by atoms with E-state index in [4.69, 9.17) is 47.5 Å². The number of nitrogens with zero attached hydrogens (tertiary/aromatic N) is 2. The van der Waals surface area contributed by atoms with Crippen LogP contribution in [0.15, 0.2) is 47.5 Å². The molecule has 0 bridgehead atoms. The molecule has 0 saturated heterocycles. The number of rotatable bonds is 11. The Kier molecular flexibility index (Phi) is 10.2. The Bertz CT molecular complexity index is 1200. The molecule has 1 amide bonds. The van der Waals surface area contributed by atoms with Gasteiger partial charge in [0.15, 0.2) is 11.6 Å². The summed E-state index contributed by atoms with van der Waals surface area (Å²) in [6, 6.07) is 12.0. The molecule has 1 heterocycles. The van der Waals surface area contributed by atoms with Crippen molar-refractivity contribution in [1.82, 2.24) is 10.4 Å². The highest BCUT2D eigenvalue weighted by Crippen LogP contribution is 2.45. The minimum absolute atomic E-state index is 0.00291. The van der Waals surface area contributed by atoms with Gasteiger partial charge in [0.1, 0.15) is 11.4 Å². The first kappa shape index (κ1) is 30.7. The summed E-state index contributed by atoms with van der Waals surface area (Å²) in [5.41, 5.74) is 1.66. The molecule has 2 atom stereocenters. The number of carbonyl (C=O) groups is 2. The summed E-state index contributed by atoms with van der Waals surface area (Å²) in [4.78, 5) is 31.4. The molecule has 0 fully saturated rings. The summed E-state index contributed by atoms with van der Waals surface area (Å²) in [6.07, 6.45) is -0.531. The van der Waals surface area contributed by atoms with Gasteiger partial charge in [0.2, 0.25) is 5.90 Å². The summed E-state index contributed by atoms with van der Waals surface area (Å²) < 4.78 is 17.5. The predicted octanol–water partition coefficient (Wildman–Crippen LogP) is 4.73. The van der Waals surface area contributed by atoms with Gasteiger partial charge in [0.25, 0.3) is 5.91 Å². The van der Waals surface area contributed by atoms with Gasteiger partial charge in [-0.2, -0.15) is 0 Å². The molecule has 0 radical (unpaired) electrons. The quantitative estimate of drug-likeness (QED) is 0.225. The van der Waals surface area contributed by atoms with Crippen molar-refractivity contribution < 1.29 is 28.9 Å². The molecule has 39 heavy (non-hydrogen) atoms. The lowest BCUT2D eigenvalue weighted by Gasteiger charge is -2.32. The van der Waals surface area contributed by atoms with Crippen LogP contribution in [0.3, 0.4) is 0 Å². The van der Waals surface area contributed by atoms with Crippen LogP contribution in [0.4, 0.5) is 0 Å². The van der Waals surface area contributed by atoms with E-state index in [1.165, 1.54) is 5.01 Å². The molecule has 3 rings (SSSR count). The van der Waals surface area contributed by atoms with Gasteiger partial charge in [-0.3, -0.25) is 15.0 Å². The molecular formula is C28H35Cl2N3O6. The molecule has 1 aliphatic heterocycles. The lowest BCUT2D eigenvalue weighted by molar-refractivity contribution is -0.155. The highest BCUT2D eigenvalue weighted by Gasteiger charge is 2.54. The van der Waals surface area contributed by atoms with Gasteiger partial charge in [-0.15, -0.1) is 0 Å². The lowest BCUT2D eigenvalue weighted by Crippen LogP contribution is -2.52. The maximum Gasteiger partial charge on any atom is 0.306 e. The van der Waals surface area contributed by atoms with Crippen molar-refractivity contribution in [2.75, 3.05) is 27.3 Å². The zero-order valence-corrected chi connectivity index (χ0v) is 24.3. The second-order valence-corrected chi connectivity index (χ2v) is 11.2. The highest BCUT2D eigenvalue weighted by atomic mass is 35.5. The van der Waals surface area contributed by atoms with Crippen LogP contribution in [0.1, 0.15) is 57.3 Å². The first-order chi connectivity index (χ1) is 18.3. The van der Waals surface area contributed by atoms with E-state index in [2.05, 4.69) is 5.43 Å². The molecule has 0 unspecified atom stereocenters. The fourth-order valence-electron chi connectivity index (χ4n) is 4.05. The molecule has 0 saturated carbocycles. The highest BCUT2D eigenvalue weighted by molar-refractivity contribution is 6.35. The molecule has 0 spiro atoms. The zero-order valence-electron chi connectivity index (χ0n) is 22.8. The first-order valence-electron chi connectivity index (χ1n) is 12.6. The maximum atomic E-state index is 13.8. The molecule has 212 valence electrons. The number of aliphatic imine (C=N–C) groups is 1. The summed E-state index contributed by atoms with van der Waals surface area (Å²) >= 11 is 12.7. The Balaban J connectivity index is 2.05. The Morgan fingerprint density at radius 2 is 1.85 bits per heavy atom. The number of aliphatic hydroxyl groups is 1. The van der Waals surface area contributed by atoms with Crippen molar-refractivity contribution in [1.29, 1.82) is 0 Å². The van der Waals surface area contributed by atoms with Crippen LogP contribution in [-0.4, -0.2) is 66.3 Å². The van der Waals surface area contributed by atoms with Gasteiger partial charge in [-0.25, -0.2) is 10.0 Å². The van der Waals surface area contributed by atoms with Gasteiger partial charge in [-0.1, -0.05) is 29.3 Å². The Hall–Kier alpha value is -2.85. The molecule has 0 aliphatic carbocycles. The normalized spacial score (nSPS) is 18.9. The minimum atomic E-state index is -1.55. The number of hydrogen-bond acceptors (Lipinski definition) is 8. The van der Waals surface area contributed by atoms with E-state index in [0.717, 1.165) is 0 Å². The van der Waals surface area contributed by atoms with Crippen LogP contribution in [0.25, 0.3) is 0 Å². The fourth-order valence-corrected chi connectivity index (χ4v) is 4.55. The summed E-state index contributed by atoms with van der Waals surface area (Å²) in [5, 5.41) is 11.2. The van der Waals surface area contributed by atoms with Crippen LogP contribution in [-0.2, 0) is 19.1 Å². The van der Waals surface area contributed by atoms with E-state index in [0.29, 0.717) is 39.9 Å². The molecule has 11 heteroatoms. The van der Waals surface area contributed by atoms with Crippen LogP contribution < -0.4 is 10.2 Å². The number of carbonyl (C=O) groups excluding carboxylic acids is 2. The van der Waals surface area contributed by atoms with Gasteiger partial charge in [0.05, 0.1) is 6.61 Å². The number of aliphatic hydroxyl groups excluding tert-OH is 1. The van der Waals surface area contributed by atoms with Crippen LogP contribution in [0, 0.1) is 0 Å². The average Bonchev–Trinajstić information content (AvgIpc) is 3.22. The summed E-state index contributed by atoms with van der Waals surface area (Å²) in [5.74, 6) is -0.102. The Labute approximate surface area is 239 Å². The lowest BCUT2D eigenvalue weighted by atomic mass is 9.83. The molecule has 2 aromatic rings. The fraction of sp³-hybridized carbons (Fsp3) is 0.464. The van der Waals surface area contributed by atoms with Gasteiger partial charge < -0.3 is 19.3 Å².